The average Bonchev–Trinajstić information content (AvgIpc) is 3.36. The number of rotatable bonds is 7. The van der Waals surface area contributed by atoms with Crippen LogP contribution in [-0.2, 0) is 25.5 Å². The molecule has 5 rings (SSSR count). The van der Waals surface area contributed by atoms with E-state index in [1.54, 1.807) is 0 Å². The number of esters is 2. The van der Waals surface area contributed by atoms with Gasteiger partial charge in [0.2, 0.25) is 8.07 Å². The van der Waals surface area contributed by atoms with Crippen LogP contribution in [0.25, 0.3) is 22.3 Å². The Morgan fingerprint density at radius 3 is 1.96 bits per heavy atom. The van der Waals surface area contributed by atoms with E-state index in [0.29, 0.717) is 0 Å². The molecule has 1 aliphatic heterocycles. The lowest BCUT2D eigenvalue weighted by Gasteiger charge is -2.39. The van der Waals surface area contributed by atoms with Crippen molar-refractivity contribution in [3.63, 3.8) is 0 Å². The maximum Gasteiger partial charge on any atom is 0.320 e. The fraction of sp³-hybridized carbons (Fsp3) is 0.317. The van der Waals surface area contributed by atoms with Gasteiger partial charge in [-0.2, -0.15) is 0 Å². The number of hydrogen-bond donors (Lipinski definition) is 0. The lowest BCUT2D eigenvalue weighted by Crippen LogP contribution is -2.62. The molecule has 5 heteroatoms. The number of carbonyl (C=O) groups is 2. The van der Waals surface area contributed by atoms with Crippen molar-refractivity contribution in [3.8, 4) is 33.7 Å². The molecule has 0 bridgehead atoms. The van der Waals surface area contributed by atoms with E-state index in [1.807, 2.05) is 43.3 Å². The third-order valence-electron chi connectivity index (χ3n) is 9.62. The third kappa shape index (κ3) is 5.39. The van der Waals surface area contributed by atoms with Crippen molar-refractivity contribution in [2.75, 3.05) is 14.2 Å². The molecule has 236 valence electrons. The van der Waals surface area contributed by atoms with Crippen LogP contribution in [0.3, 0.4) is 0 Å². The summed E-state index contributed by atoms with van der Waals surface area (Å²) in [6, 6.07) is 29.4. The summed E-state index contributed by atoms with van der Waals surface area (Å²) in [5.41, 5.74) is 12.9. The molecule has 0 saturated heterocycles. The van der Waals surface area contributed by atoms with Gasteiger partial charge >= 0.3 is 11.9 Å². The van der Waals surface area contributed by atoms with Crippen molar-refractivity contribution in [1.82, 2.24) is 0 Å². The Labute approximate surface area is 275 Å². The zero-order valence-corrected chi connectivity index (χ0v) is 29.3. The molecule has 0 N–H and O–H groups in total. The highest BCUT2D eigenvalue weighted by Crippen LogP contribution is 2.50. The molecular formula is C41H44O4Si. The topological polar surface area (TPSA) is 52.6 Å². The van der Waals surface area contributed by atoms with Crippen LogP contribution in [0.5, 0.6) is 0 Å². The average molecular weight is 629 g/mol. The standard InChI is InChI=1S/C41H44O4Si/c1-9-18-31-27(2)34(28(3)35(39(42)44-7)40(43)45-8)36(30-21-14-11-15-22-30)37-32-23-16-17-24-33(32)46(38(31)37,41(4,5)6)26-25-29-19-12-10-13-20-29/h10-17,19-24,28,35H,9,18H2,1-8H3. The first-order chi connectivity index (χ1) is 22.0. The Bertz CT molecular complexity index is 1810. The van der Waals surface area contributed by atoms with Gasteiger partial charge < -0.3 is 9.47 Å². The maximum absolute atomic E-state index is 13.2. The Morgan fingerprint density at radius 1 is 0.826 bits per heavy atom. The molecule has 0 fully saturated rings. The number of benzene rings is 4. The van der Waals surface area contributed by atoms with Crippen LogP contribution < -0.4 is 10.4 Å². The fourth-order valence-corrected chi connectivity index (χ4v) is 12.7. The van der Waals surface area contributed by atoms with E-state index in [4.69, 9.17) is 9.47 Å². The van der Waals surface area contributed by atoms with Crippen LogP contribution in [0.4, 0.5) is 0 Å². The molecule has 0 amide bonds. The molecule has 0 radical (unpaired) electrons. The molecule has 4 aromatic carbocycles. The van der Waals surface area contributed by atoms with Crippen molar-refractivity contribution in [3.05, 3.63) is 107 Å². The van der Waals surface area contributed by atoms with Crippen molar-refractivity contribution in [2.24, 2.45) is 5.92 Å². The summed E-state index contributed by atoms with van der Waals surface area (Å²) in [6.45, 7) is 13.4. The Hall–Kier alpha value is -4.40. The summed E-state index contributed by atoms with van der Waals surface area (Å²) in [6.07, 6.45) is 1.80. The lowest BCUT2D eigenvalue weighted by molar-refractivity contribution is -0.159. The van der Waals surface area contributed by atoms with E-state index < -0.39 is 31.8 Å². The van der Waals surface area contributed by atoms with Gasteiger partial charge in [0, 0.05) is 11.5 Å². The number of methoxy groups -OCH3 is 2. The van der Waals surface area contributed by atoms with E-state index in [-0.39, 0.29) is 5.04 Å². The van der Waals surface area contributed by atoms with Gasteiger partial charge in [-0.3, -0.25) is 9.59 Å². The summed E-state index contributed by atoms with van der Waals surface area (Å²) >= 11 is 0. The molecule has 0 aliphatic carbocycles. The van der Waals surface area contributed by atoms with E-state index in [2.05, 4.69) is 94.6 Å². The number of carbonyl (C=O) groups excluding carboxylic acids is 2. The molecule has 1 aliphatic rings. The van der Waals surface area contributed by atoms with Crippen LogP contribution in [0.2, 0.25) is 5.04 Å². The molecule has 2 atom stereocenters. The van der Waals surface area contributed by atoms with Crippen molar-refractivity contribution in [1.29, 1.82) is 0 Å². The number of fused-ring (bicyclic) bond motifs is 3. The van der Waals surface area contributed by atoms with Crippen LogP contribution in [-0.4, -0.2) is 34.2 Å². The molecule has 46 heavy (non-hydrogen) atoms. The molecule has 0 aromatic heterocycles. The highest BCUT2D eigenvalue weighted by atomic mass is 28.3. The minimum atomic E-state index is -2.82. The van der Waals surface area contributed by atoms with Crippen molar-refractivity contribution in [2.45, 2.75) is 65.3 Å². The first-order valence-corrected chi connectivity index (χ1v) is 18.1. The Kier molecular flexibility index (Phi) is 9.42. The second-order valence-corrected chi connectivity index (χ2v) is 17.5. The second-order valence-electron chi connectivity index (χ2n) is 13.2. The van der Waals surface area contributed by atoms with Gasteiger partial charge in [-0.1, -0.05) is 120 Å². The van der Waals surface area contributed by atoms with E-state index >= 15 is 0 Å². The van der Waals surface area contributed by atoms with Gasteiger partial charge in [-0.05, 0) is 79.8 Å². The van der Waals surface area contributed by atoms with Gasteiger partial charge in [0.15, 0.2) is 5.92 Å². The predicted octanol–water partition coefficient (Wildman–Crippen LogP) is 7.61. The summed E-state index contributed by atoms with van der Waals surface area (Å²) in [7, 11) is -0.171. The number of hydrogen-bond acceptors (Lipinski definition) is 4. The normalized spacial score (nSPS) is 15.8. The van der Waals surface area contributed by atoms with Crippen LogP contribution in [0.15, 0.2) is 84.9 Å². The van der Waals surface area contributed by atoms with Crippen molar-refractivity contribution < 1.29 is 19.1 Å². The van der Waals surface area contributed by atoms with Gasteiger partial charge in [-0.15, -0.1) is 5.54 Å². The molecule has 2 unspecified atom stereocenters. The highest BCUT2D eigenvalue weighted by Gasteiger charge is 2.55. The molecule has 0 spiro atoms. The van der Waals surface area contributed by atoms with Crippen LogP contribution in [0, 0.1) is 24.3 Å². The summed E-state index contributed by atoms with van der Waals surface area (Å²) in [4.78, 5) is 26.5. The van der Waals surface area contributed by atoms with E-state index in [1.165, 1.54) is 41.3 Å². The highest BCUT2D eigenvalue weighted by molar-refractivity contribution is 7.13. The molecule has 4 nitrogen and oxygen atoms in total. The smallest absolute Gasteiger partial charge is 0.320 e. The SMILES string of the molecule is CCCc1c(C)c(C(C)C(C(=O)OC)C(=O)OC)c(-c2ccccc2)c2c1[Si](C#Cc1ccccc1)(C(C)(C)C)c1ccccc1-2. The van der Waals surface area contributed by atoms with Gasteiger partial charge in [-0.25, -0.2) is 0 Å². The van der Waals surface area contributed by atoms with E-state index in [9.17, 15) is 9.59 Å². The largest absolute Gasteiger partial charge is 0.468 e. The Balaban J connectivity index is 2.02. The molecule has 1 heterocycles. The molecule has 0 saturated carbocycles. The number of ether oxygens (including phenoxy) is 2. The van der Waals surface area contributed by atoms with E-state index in [0.717, 1.165) is 40.7 Å². The first-order valence-electron chi connectivity index (χ1n) is 16.1. The predicted molar refractivity (Wildman–Crippen MR) is 190 cm³/mol. The summed E-state index contributed by atoms with van der Waals surface area (Å²) < 4.78 is 10.4. The molecule has 4 aromatic rings. The van der Waals surface area contributed by atoms with Gasteiger partial charge in [0.05, 0.1) is 14.2 Å². The zero-order valence-electron chi connectivity index (χ0n) is 28.3. The molecular weight excluding hydrogens is 585 g/mol. The van der Waals surface area contributed by atoms with Gasteiger partial charge in [0.1, 0.15) is 0 Å². The Morgan fingerprint density at radius 2 is 1.39 bits per heavy atom. The van der Waals surface area contributed by atoms with Gasteiger partial charge in [0.25, 0.3) is 0 Å². The summed E-state index contributed by atoms with van der Waals surface area (Å²) in [5.74, 6) is 0.847. The summed E-state index contributed by atoms with van der Waals surface area (Å²) in [5, 5.41) is 2.52. The monoisotopic (exact) mass is 628 g/mol. The van der Waals surface area contributed by atoms with Crippen LogP contribution >= 0.6 is 0 Å². The quantitative estimate of drug-likeness (QED) is 0.0915. The first kappa shape index (κ1) is 33.0. The van der Waals surface area contributed by atoms with Crippen molar-refractivity contribution >= 4 is 30.4 Å². The fourth-order valence-electron chi connectivity index (χ4n) is 7.54. The zero-order chi connectivity index (χ0) is 33.2. The minimum absolute atomic E-state index is 0.160. The minimum Gasteiger partial charge on any atom is -0.468 e. The third-order valence-corrected chi connectivity index (χ3v) is 14.9. The van der Waals surface area contributed by atoms with Crippen LogP contribution in [0.1, 0.15) is 69.2 Å². The lowest BCUT2D eigenvalue weighted by atomic mass is 9.76. The second kappa shape index (κ2) is 13.1. The maximum atomic E-state index is 13.2.